The third kappa shape index (κ3) is 1.62. The second kappa shape index (κ2) is 3.54. The highest BCUT2D eigenvalue weighted by molar-refractivity contribution is 5.76. The lowest BCUT2D eigenvalue weighted by Crippen LogP contribution is -2.24. The summed E-state index contributed by atoms with van der Waals surface area (Å²) >= 11 is 0. The van der Waals surface area contributed by atoms with Crippen LogP contribution in [0.4, 0.5) is 0 Å². The van der Waals surface area contributed by atoms with Crippen LogP contribution in [-0.4, -0.2) is 5.96 Å². The van der Waals surface area contributed by atoms with Crippen molar-refractivity contribution in [1.82, 2.24) is 0 Å². The van der Waals surface area contributed by atoms with Crippen LogP contribution in [0.25, 0.3) is 6.08 Å². The summed E-state index contributed by atoms with van der Waals surface area (Å²) in [5.74, 6) is 0.153. The smallest absolute Gasteiger partial charge is 0.186 e. The summed E-state index contributed by atoms with van der Waals surface area (Å²) in [5.41, 5.74) is 13.2. The van der Waals surface area contributed by atoms with E-state index in [4.69, 9.17) is 11.5 Å². The largest absolute Gasteiger partial charge is 0.370 e. The van der Waals surface area contributed by atoms with Gasteiger partial charge in [-0.2, -0.15) is 0 Å². The van der Waals surface area contributed by atoms with E-state index in [1.165, 1.54) is 11.1 Å². The molecule has 0 fully saturated rings. The molecular formula is C11H13N3. The Morgan fingerprint density at radius 3 is 2.86 bits per heavy atom. The van der Waals surface area contributed by atoms with E-state index in [0.717, 1.165) is 6.42 Å². The summed E-state index contributed by atoms with van der Waals surface area (Å²) in [5, 5.41) is 0. The van der Waals surface area contributed by atoms with E-state index in [9.17, 15) is 0 Å². The van der Waals surface area contributed by atoms with Crippen LogP contribution in [0, 0.1) is 0 Å². The second-order valence-electron chi connectivity index (χ2n) is 3.34. The van der Waals surface area contributed by atoms with Crippen molar-refractivity contribution in [3.63, 3.8) is 0 Å². The molecule has 3 heteroatoms. The average molecular weight is 187 g/mol. The zero-order chi connectivity index (χ0) is 9.97. The highest BCUT2D eigenvalue weighted by atomic mass is 15.0. The predicted molar refractivity (Wildman–Crippen MR) is 58.6 cm³/mol. The molecule has 0 saturated heterocycles. The molecule has 0 heterocycles. The van der Waals surface area contributed by atoms with E-state index >= 15 is 0 Å². The van der Waals surface area contributed by atoms with Crippen molar-refractivity contribution in [3.8, 4) is 0 Å². The van der Waals surface area contributed by atoms with Gasteiger partial charge in [-0.1, -0.05) is 36.4 Å². The first-order valence-corrected chi connectivity index (χ1v) is 4.61. The second-order valence-corrected chi connectivity index (χ2v) is 3.34. The lowest BCUT2D eigenvalue weighted by atomic mass is 9.93. The highest BCUT2D eigenvalue weighted by Gasteiger charge is 2.14. The Bertz CT molecular complexity index is 389. The summed E-state index contributed by atoms with van der Waals surface area (Å²) in [7, 11) is 0. The average Bonchev–Trinajstić information content (AvgIpc) is 2.18. The maximum Gasteiger partial charge on any atom is 0.186 e. The monoisotopic (exact) mass is 187 g/mol. The molecule has 72 valence electrons. The number of nitrogens with zero attached hydrogens (tertiary/aromatic N) is 1. The molecule has 0 amide bonds. The molecule has 0 aliphatic heterocycles. The molecule has 1 atom stereocenters. The van der Waals surface area contributed by atoms with Crippen LogP contribution in [0.15, 0.2) is 35.3 Å². The van der Waals surface area contributed by atoms with Crippen LogP contribution >= 0.6 is 0 Å². The molecule has 1 unspecified atom stereocenters. The summed E-state index contributed by atoms with van der Waals surface area (Å²) in [6.07, 6.45) is 5.07. The molecule has 1 aromatic carbocycles. The van der Waals surface area contributed by atoms with Crippen LogP contribution in [0.5, 0.6) is 0 Å². The molecule has 14 heavy (non-hydrogen) atoms. The first-order chi connectivity index (χ1) is 6.77. The highest BCUT2D eigenvalue weighted by Crippen LogP contribution is 2.30. The summed E-state index contributed by atoms with van der Waals surface area (Å²) in [4.78, 5) is 4.20. The number of guanidine groups is 1. The summed E-state index contributed by atoms with van der Waals surface area (Å²) in [6.45, 7) is 0. The molecular weight excluding hydrogens is 174 g/mol. The van der Waals surface area contributed by atoms with Crippen LogP contribution in [0.3, 0.4) is 0 Å². The van der Waals surface area contributed by atoms with Crippen molar-refractivity contribution in [1.29, 1.82) is 0 Å². The van der Waals surface area contributed by atoms with Gasteiger partial charge in [0.25, 0.3) is 0 Å². The van der Waals surface area contributed by atoms with E-state index < -0.39 is 0 Å². The van der Waals surface area contributed by atoms with Crippen molar-refractivity contribution >= 4 is 12.0 Å². The molecule has 0 radical (unpaired) electrons. The Balaban J connectivity index is 2.41. The molecule has 4 N–H and O–H groups in total. The molecule has 1 aromatic rings. The molecule has 1 aliphatic carbocycles. The Kier molecular flexibility index (Phi) is 2.23. The van der Waals surface area contributed by atoms with E-state index in [2.05, 4.69) is 29.3 Å². The van der Waals surface area contributed by atoms with Gasteiger partial charge in [0.1, 0.15) is 0 Å². The van der Waals surface area contributed by atoms with Gasteiger partial charge in [-0.25, -0.2) is 4.99 Å². The van der Waals surface area contributed by atoms with E-state index in [-0.39, 0.29) is 12.0 Å². The van der Waals surface area contributed by atoms with Gasteiger partial charge >= 0.3 is 0 Å². The number of rotatable bonds is 1. The number of aliphatic imine (C=N–C) groups is 1. The maximum atomic E-state index is 5.38. The molecule has 1 aliphatic rings. The van der Waals surface area contributed by atoms with E-state index in [1.807, 2.05) is 12.1 Å². The molecule has 0 aromatic heterocycles. The Hall–Kier alpha value is -1.77. The topological polar surface area (TPSA) is 64.4 Å². The number of nitrogens with two attached hydrogens (primary N) is 2. The molecule has 0 spiro atoms. The number of benzene rings is 1. The molecule has 2 rings (SSSR count). The minimum Gasteiger partial charge on any atom is -0.370 e. The van der Waals surface area contributed by atoms with Gasteiger partial charge in [0.2, 0.25) is 0 Å². The fourth-order valence-corrected chi connectivity index (χ4v) is 1.72. The predicted octanol–water partition coefficient (Wildman–Crippen LogP) is 1.42. The van der Waals surface area contributed by atoms with Gasteiger partial charge in [-0.05, 0) is 17.5 Å². The number of hydrogen-bond acceptors (Lipinski definition) is 1. The fraction of sp³-hybridized carbons (Fsp3) is 0.182. The van der Waals surface area contributed by atoms with Crippen LogP contribution in [-0.2, 0) is 0 Å². The first-order valence-electron chi connectivity index (χ1n) is 4.61. The first kappa shape index (κ1) is 8.81. The fourth-order valence-electron chi connectivity index (χ4n) is 1.72. The molecule has 0 saturated carbocycles. The van der Waals surface area contributed by atoms with Gasteiger partial charge in [0.15, 0.2) is 5.96 Å². The standard InChI is InChI=1S/C11H13N3/c12-11(13)14-10-7-3-5-8-4-1-2-6-9(8)10/h1-6,10H,7H2,(H4,12,13,14). The Morgan fingerprint density at radius 1 is 1.29 bits per heavy atom. The number of hydrogen-bond donors (Lipinski definition) is 2. The van der Waals surface area contributed by atoms with Gasteiger partial charge in [-0.3, -0.25) is 0 Å². The lowest BCUT2D eigenvalue weighted by molar-refractivity contribution is 0.732. The van der Waals surface area contributed by atoms with Crippen molar-refractivity contribution in [2.24, 2.45) is 16.5 Å². The van der Waals surface area contributed by atoms with Gasteiger partial charge < -0.3 is 11.5 Å². The van der Waals surface area contributed by atoms with E-state index in [1.54, 1.807) is 0 Å². The normalized spacial score (nSPS) is 18.7. The Morgan fingerprint density at radius 2 is 2.07 bits per heavy atom. The van der Waals surface area contributed by atoms with Crippen molar-refractivity contribution in [2.75, 3.05) is 0 Å². The lowest BCUT2D eigenvalue weighted by Gasteiger charge is -2.17. The minimum absolute atomic E-state index is 0.0844. The quantitative estimate of drug-likeness (QED) is 0.516. The van der Waals surface area contributed by atoms with Gasteiger partial charge in [0.05, 0.1) is 6.04 Å². The zero-order valence-electron chi connectivity index (χ0n) is 7.85. The van der Waals surface area contributed by atoms with Crippen LogP contribution in [0.2, 0.25) is 0 Å². The molecule has 0 bridgehead atoms. The third-order valence-corrected chi connectivity index (χ3v) is 2.32. The minimum atomic E-state index is 0.0844. The zero-order valence-corrected chi connectivity index (χ0v) is 7.85. The van der Waals surface area contributed by atoms with Gasteiger partial charge in [0, 0.05) is 0 Å². The van der Waals surface area contributed by atoms with Crippen molar-refractivity contribution < 1.29 is 0 Å². The van der Waals surface area contributed by atoms with Crippen molar-refractivity contribution in [2.45, 2.75) is 12.5 Å². The molecule has 3 nitrogen and oxygen atoms in total. The Labute approximate surface area is 83.1 Å². The SMILES string of the molecule is NC(N)=NC1CC=Cc2ccccc21. The summed E-state index contributed by atoms with van der Waals surface area (Å²) < 4.78 is 0. The van der Waals surface area contributed by atoms with Gasteiger partial charge in [-0.15, -0.1) is 0 Å². The number of fused-ring (bicyclic) bond motifs is 1. The maximum absolute atomic E-state index is 5.38. The van der Waals surface area contributed by atoms with E-state index in [0.29, 0.717) is 0 Å². The third-order valence-electron chi connectivity index (χ3n) is 2.32. The summed E-state index contributed by atoms with van der Waals surface area (Å²) in [6, 6.07) is 8.24. The van der Waals surface area contributed by atoms with Crippen LogP contribution in [0.1, 0.15) is 23.6 Å². The van der Waals surface area contributed by atoms with Crippen molar-refractivity contribution in [3.05, 3.63) is 41.5 Å². The van der Waals surface area contributed by atoms with Crippen LogP contribution < -0.4 is 11.5 Å².